The largest absolute Gasteiger partial charge is 0.320 e. The first-order chi connectivity index (χ1) is 11.4. The maximum Gasteiger partial charge on any atom is 0.294 e. The van der Waals surface area contributed by atoms with E-state index in [0.29, 0.717) is 5.56 Å². The van der Waals surface area contributed by atoms with Gasteiger partial charge in [-0.05, 0) is 19.1 Å². The van der Waals surface area contributed by atoms with Crippen LogP contribution in [0.25, 0.3) is 0 Å². The molecule has 0 saturated carbocycles. The molecule has 0 saturated heterocycles. The Kier molecular flexibility index (Phi) is 5.65. The van der Waals surface area contributed by atoms with Crippen molar-refractivity contribution in [1.29, 1.82) is 0 Å². The summed E-state index contributed by atoms with van der Waals surface area (Å²) in [6.45, 7) is 1.92. The minimum Gasteiger partial charge on any atom is -0.320 e. The van der Waals surface area contributed by atoms with Gasteiger partial charge in [0.05, 0.1) is 4.92 Å². The summed E-state index contributed by atoms with van der Waals surface area (Å²) < 4.78 is 0. The summed E-state index contributed by atoms with van der Waals surface area (Å²) in [7, 11) is 0. The maximum absolute atomic E-state index is 12.0. The molecular formula is C17H15ClN2O4. The summed E-state index contributed by atoms with van der Waals surface area (Å²) in [5, 5.41) is 13.6. The molecule has 0 fully saturated rings. The van der Waals surface area contributed by atoms with Crippen LogP contribution in [0.1, 0.15) is 28.8 Å². The van der Waals surface area contributed by atoms with E-state index < -0.39 is 10.8 Å². The number of carbonyl (C=O) groups excluding carboxylic acids is 2. The third kappa shape index (κ3) is 4.63. The number of nitrogens with one attached hydrogen (secondary N) is 1. The smallest absolute Gasteiger partial charge is 0.294 e. The maximum atomic E-state index is 12.0. The summed E-state index contributed by atoms with van der Waals surface area (Å²) in [5.74, 6) is -0.628. The van der Waals surface area contributed by atoms with E-state index in [-0.39, 0.29) is 35.0 Å². The number of aryl methyl sites for hydroxylation is 1. The van der Waals surface area contributed by atoms with Crippen molar-refractivity contribution in [2.75, 3.05) is 5.32 Å². The number of rotatable bonds is 6. The van der Waals surface area contributed by atoms with Gasteiger partial charge < -0.3 is 5.32 Å². The number of nitro benzene ring substituents is 1. The van der Waals surface area contributed by atoms with E-state index >= 15 is 0 Å². The first kappa shape index (κ1) is 17.6. The van der Waals surface area contributed by atoms with Crippen molar-refractivity contribution >= 4 is 34.7 Å². The van der Waals surface area contributed by atoms with Crippen LogP contribution in [0.5, 0.6) is 0 Å². The van der Waals surface area contributed by atoms with Crippen LogP contribution in [0.4, 0.5) is 11.4 Å². The highest BCUT2D eigenvalue weighted by Gasteiger charge is 2.17. The number of amides is 1. The molecule has 0 aliphatic carbocycles. The van der Waals surface area contributed by atoms with Gasteiger partial charge >= 0.3 is 0 Å². The zero-order chi connectivity index (χ0) is 17.7. The van der Waals surface area contributed by atoms with Crippen LogP contribution in [0.2, 0.25) is 5.02 Å². The van der Waals surface area contributed by atoms with E-state index in [2.05, 4.69) is 5.32 Å². The lowest BCUT2D eigenvalue weighted by molar-refractivity contribution is -0.383. The Morgan fingerprint density at radius 1 is 1.12 bits per heavy atom. The lowest BCUT2D eigenvalue weighted by Crippen LogP contribution is -2.14. The van der Waals surface area contributed by atoms with Gasteiger partial charge in [0, 0.05) is 29.5 Å². The molecule has 0 aliphatic heterocycles. The Morgan fingerprint density at radius 3 is 2.42 bits per heavy atom. The summed E-state index contributed by atoms with van der Waals surface area (Å²) >= 11 is 5.72. The molecule has 0 radical (unpaired) electrons. The molecule has 1 amide bonds. The average Bonchev–Trinajstić information content (AvgIpc) is 2.54. The molecule has 2 aromatic carbocycles. The van der Waals surface area contributed by atoms with Crippen molar-refractivity contribution in [2.24, 2.45) is 0 Å². The van der Waals surface area contributed by atoms with Gasteiger partial charge in [0.15, 0.2) is 5.78 Å². The zero-order valence-electron chi connectivity index (χ0n) is 12.9. The van der Waals surface area contributed by atoms with Gasteiger partial charge in [0.25, 0.3) is 5.69 Å². The van der Waals surface area contributed by atoms with E-state index in [1.54, 1.807) is 12.1 Å². The Morgan fingerprint density at radius 2 is 1.79 bits per heavy atom. The number of anilines is 1. The molecule has 0 unspecified atom stereocenters. The number of hydrogen-bond acceptors (Lipinski definition) is 4. The third-order valence-corrected chi connectivity index (χ3v) is 3.62. The monoisotopic (exact) mass is 346 g/mol. The van der Waals surface area contributed by atoms with Crippen LogP contribution >= 0.6 is 11.6 Å². The van der Waals surface area contributed by atoms with E-state index in [0.717, 1.165) is 11.6 Å². The summed E-state index contributed by atoms with van der Waals surface area (Å²) in [4.78, 5) is 34.3. The van der Waals surface area contributed by atoms with Crippen LogP contribution in [-0.2, 0) is 4.79 Å². The second kappa shape index (κ2) is 7.70. The van der Waals surface area contributed by atoms with Gasteiger partial charge in [-0.15, -0.1) is 0 Å². The minimum absolute atomic E-state index is 0.0241. The topological polar surface area (TPSA) is 89.3 Å². The van der Waals surface area contributed by atoms with Gasteiger partial charge in [-0.1, -0.05) is 41.4 Å². The van der Waals surface area contributed by atoms with Gasteiger partial charge in [0.1, 0.15) is 5.69 Å². The van der Waals surface area contributed by atoms with Crippen LogP contribution in [0.15, 0.2) is 42.5 Å². The first-order valence-electron chi connectivity index (χ1n) is 7.20. The van der Waals surface area contributed by atoms with Crippen LogP contribution < -0.4 is 5.32 Å². The molecule has 0 aromatic heterocycles. The second-order valence-electron chi connectivity index (χ2n) is 5.26. The standard InChI is InChI=1S/C17H15ClN2O4/c1-11-2-4-12(5-3-11)16(21)8-9-17(22)19-14-7-6-13(18)10-15(14)20(23)24/h2-7,10H,8-9H2,1H3,(H,19,22). The van der Waals surface area contributed by atoms with Crippen LogP contribution in [-0.4, -0.2) is 16.6 Å². The minimum atomic E-state index is -0.626. The number of halogens is 1. The first-order valence-corrected chi connectivity index (χ1v) is 7.58. The SMILES string of the molecule is Cc1ccc(C(=O)CCC(=O)Nc2ccc(Cl)cc2[N+](=O)[O-])cc1. The quantitative estimate of drug-likeness (QED) is 0.483. The number of hydrogen-bond donors (Lipinski definition) is 1. The highest BCUT2D eigenvalue weighted by atomic mass is 35.5. The fourth-order valence-electron chi connectivity index (χ4n) is 2.09. The third-order valence-electron chi connectivity index (χ3n) is 3.38. The Labute approximate surface area is 143 Å². The second-order valence-corrected chi connectivity index (χ2v) is 5.69. The molecule has 0 bridgehead atoms. The Balaban J connectivity index is 1.98. The highest BCUT2D eigenvalue weighted by Crippen LogP contribution is 2.27. The Bertz CT molecular complexity index is 788. The van der Waals surface area contributed by atoms with Gasteiger partial charge in [-0.2, -0.15) is 0 Å². The Hall–Kier alpha value is -2.73. The molecular weight excluding hydrogens is 332 g/mol. The van der Waals surface area contributed by atoms with Gasteiger partial charge in [-0.3, -0.25) is 19.7 Å². The number of nitrogens with zero attached hydrogens (tertiary/aromatic N) is 1. The van der Waals surface area contributed by atoms with Crippen molar-refractivity contribution in [3.05, 3.63) is 68.7 Å². The molecule has 0 heterocycles. The van der Waals surface area contributed by atoms with Crippen LogP contribution in [0.3, 0.4) is 0 Å². The van der Waals surface area contributed by atoms with E-state index in [1.807, 2.05) is 19.1 Å². The van der Waals surface area contributed by atoms with E-state index in [4.69, 9.17) is 11.6 Å². The molecule has 0 atom stereocenters. The number of benzene rings is 2. The zero-order valence-corrected chi connectivity index (χ0v) is 13.7. The molecule has 2 aromatic rings. The normalized spacial score (nSPS) is 10.2. The van der Waals surface area contributed by atoms with Crippen molar-refractivity contribution in [3.8, 4) is 0 Å². The summed E-state index contributed by atoms with van der Waals surface area (Å²) in [5.41, 5.74) is 1.34. The molecule has 124 valence electrons. The van der Waals surface area contributed by atoms with Crippen molar-refractivity contribution in [3.63, 3.8) is 0 Å². The lowest BCUT2D eigenvalue weighted by atomic mass is 10.0. The number of carbonyl (C=O) groups is 2. The summed E-state index contributed by atoms with van der Waals surface area (Å²) in [6.07, 6.45) is -0.0389. The predicted octanol–water partition coefficient (Wildman–Crippen LogP) is 4.16. The molecule has 7 heteroatoms. The van der Waals surface area contributed by atoms with Crippen molar-refractivity contribution in [2.45, 2.75) is 19.8 Å². The van der Waals surface area contributed by atoms with Crippen molar-refractivity contribution in [1.82, 2.24) is 0 Å². The van der Waals surface area contributed by atoms with Crippen LogP contribution in [0, 0.1) is 17.0 Å². The number of nitro groups is 1. The predicted molar refractivity (Wildman–Crippen MR) is 91.5 cm³/mol. The molecule has 2 rings (SSSR count). The molecule has 6 nitrogen and oxygen atoms in total. The summed E-state index contributed by atoms with van der Waals surface area (Å²) in [6, 6.07) is 11.0. The number of ketones is 1. The fraction of sp³-hybridized carbons (Fsp3) is 0.176. The highest BCUT2D eigenvalue weighted by molar-refractivity contribution is 6.31. The van der Waals surface area contributed by atoms with Gasteiger partial charge in [0.2, 0.25) is 5.91 Å². The van der Waals surface area contributed by atoms with Crippen molar-refractivity contribution < 1.29 is 14.5 Å². The lowest BCUT2D eigenvalue weighted by Gasteiger charge is -2.06. The van der Waals surface area contributed by atoms with Gasteiger partial charge in [-0.25, -0.2) is 0 Å². The van der Waals surface area contributed by atoms with E-state index in [9.17, 15) is 19.7 Å². The molecule has 0 aliphatic rings. The number of Topliss-reactive ketones (excluding diaryl/α,β-unsaturated/α-hetero) is 1. The van der Waals surface area contributed by atoms with E-state index in [1.165, 1.54) is 12.1 Å². The fourth-order valence-corrected chi connectivity index (χ4v) is 2.25. The molecule has 24 heavy (non-hydrogen) atoms. The average molecular weight is 347 g/mol. The molecule has 1 N–H and O–H groups in total. The molecule has 0 spiro atoms.